The maximum atomic E-state index is 11.3. The van der Waals surface area contributed by atoms with Gasteiger partial charge < -0.3 is 10.8 Å². The second-order valence-electron chi connectivity index (χ2n) is 7.81. The van der Waals surface area contributed by atoms with E-state index in [4.69, 9.17) is 17.6 Å². The summed E-state index contributed by atoms with van der Waals surface area (Å²) in [6.07, 6.45) is 5.70. The SMILES string of the molecule is [2H]c1c([2H])c([2H])c(-c2ccc(-c3cnn4c(N)c(Br)c([C@H]5CC[C@H](C(=O)O)CC5)nc34)cn2)c([2H])c1[2H]. The molecule has 1 aliphatic rings. The summed E-state index contributed by atoms with van der Waals surface area (Å²) in [5.74, 6) is -0.660. The van der Waals surface area contributed by atoms with Crippen molar-refractivity contribution in [3.63, 3.8) is 0 Å². The number of nitrogens with zero attached hydrogens (tertiary/aromatic N) is 4. The average Bonchev–Trinajstić information content (AvgIpc) is 3.33. The standard InChI is InChI=1S/C24H22BrN5O2/c25-20-21(15-6-8-16(9-7-15)24(31)32)29-23-18(13-28-30(23)22(20)26)17-10-11-19(27-12-17)14-4-2-1-3-5-14/h1-5,10-13,15-16H,6-9,26H2,(H,31,32)/t15-,16-/i1D,2D,3D,4D,5D. The van der Waals surface area contributed by atoms with E-state index in [0.29, 0.717) is 52.7 Å². The summed E-state index contributed by atoms with van der Waals surface area (Å²) < 4.78 is 42.1. The van der Waals surface area contributed by atoms with Gasteiger partial charge >= 0.3 is 5.97 Å². The molecule has 1 fully saturated rings. The molecule has 0 aliphatic heterocycles. The van der Waals surface area contributed by atoms with E-state index in [-0.39, 0.29) is 35.2 Å². The molecule has 0 amide bonds. The molecule has 4 aromatic rings. The van der Waals surface area contributed by atoms with Gasteiger partial charge in [-0.2, -0.15) is 9.61 Å². The summed E-state index contributed by atoms with van der Waals surface area (Å²) in [6, 6.07) is 1.41. The first kappa shape index (κ1) is 15.5. The van der Waals surface area contributed by atoms with E-state index >= 15 is 0 Å². The Bertz CT molecular complexity index is 1520. The van der Waals surface area contributed by atoms with E-state index in [1.54, 1.807) is 24.5 Å². The van der Waals surface area contributed by atoms with Crippen molar-refractivity contribution in [3.8, 4) is 22.4 Å². The van der Waals surface area contributed by atoms with Gasteiger partial charge in [0.15, 0.2) is 5.65 Å². The van der Waals surface area contributed by atoms with Gasteiger partial charge in [0.2, 0.25) is 0 Å². The molecule has 0 saturated heterocycles. The quantitative estimate of drug-likeness (QED) is 0.403. The zero-order valence-corrected chi connectivity index (χ0v) is 18.5. The predicted molar refractivity (Wildman–Crippen MR) is 126 cm³/mol. The molecule has 8 heteroatoms. The predicted octanol–water partition coefficient (Wildman–Crippen LogP) is 5.16. The molecule has 3 aromatic heterocycles. The number of hydrogen-bond donors (Lipinski definition) is 2. The number of nitrogens with two attached hydrogens (primary N) is 1. The molecule has 0 atom stereocenters. The molecule has 1 aromatic carbocycles. The Labute approximate surface area is 200 Å². The molecule has 7 nitrogen and oxygen atoms in total. The van der Waals surface area contributed by atoms with Gasteiger partial charge in [-0.25, -0.2) is 4.98 Å². The fourth-order valence-corrected chi connectivity index (χ4v) is 4.76. The third-order valence-electron chi connectivity index (χ3n) is 5.94. The van der Waals surface area contributed by atoms with Crippen molar-refractivity contribution in [2.24, 2.45) is 5.92 Å². The van der Waals surface area contributed by atoms with E-state index in [0.717, 1.165) is 5.69 Å². The maximum absolute atomic E-state index is 11.3. The summed E-state index contributed by atoms with van der Waals surface area (Å²) in [5, 5.41) is 13.7. The molecule has 3 N–H and O–H groups in total. The highest BCUT2D eigenvalue weighted by molar-refractivity contribution is 9.10. The van der Waals surface area contributed by atoms with Gasteiger partial charge in [-0.15, -0.1) is 0 Å². The number of aliphatic carboxylic acids is 1. The molecule has 162 valence electrons. The number of hydrogen-bond acceptors (Lipinski definition) is 5. The van der Waals surface area contributed by atoms with Crippen LogP contribution in [0.2, 0.25) is 0 Å². The Morgan fingerprint density at radius 1 is 1.12 bits per heavy atom. The number of halogens is 1. The summed E-state index contributed by atoms with van der Waals surface area (Å²) in [4.78, 5) is 20.6. The number of anilines is 1. The number of pyridine rings is 1. The van der Waals surface area contributed by atoms with Gasteiger partial charge in [0.05, 0.1) is 34.8 Å². The normalized spacial score (nSPS) is 20.8. The Morgan fingerprint density at radius 3 is 2.53 bits per heavy atom. The Morgan fingerprint density at radius 2 is 1.88 bits per heavy atom. The van der Waals surface area contributed by atoms with Crippen LogP contribution in [-0.4, -0.2) is 30.7 Å². The van der Waals surface area contributed by atoms with Gasteiger partial charge in [-0.1, -0.05) is 36.3 Å². The average molecular weight is 497 g/mol. The van der Waals surface area contributed by atoms with Crippen LogP contribution in [0, 0.1) is 5.92 Å². The fraction of sp³-hybridized carbons (Fsp3) is 0.250. The lowest BCUT2D eigenvalue weighted by atomic mass is 9.80. The number of nitrogen functional groups attached to an aromatic ring is 1. The molecule has 0 bridgehead atoms. The van der Waals surface area contributed by atoms with Crippen LogP contribution in [0.4, 0.5) is 5.82 Å². The van der Waals surface area contributed by atoms with Gasteiger partial charge in [-0.3, -0.25) is 9.78 Å². The second-order valence-corrected chi connectivity index (χ2v) is 8.60. The van der Waals surface area contributed by atoms with Gasteiger partial charge in [0.25, 0.3) is 0 Å². The molecule has 3 heterocycles. The monoisotopic (exact) mass is 496 g/mol. The molecule has 0 radical (unpaired) electrons. The number of carboxylic acids is 1. The molecule has 5 rings (SSSR count). The van der Waals surface area contributed by atoms with E-state index in [9.17, 15) is 9.90 Å². The largest absolute Gasteiger partial charge is 0.481 e. The van der Waals surface area contributed by atoms with E-state index in [1.165, 1.54) is 4.52 Å². The van der Waals surface area contributed by atoms with Crippen molar-refractivity contribution >= 4 is 33.4 Å². The highest BCUT2D eigenvalue weighted by Crippen LogP contribution is 2.40. The van der Waals surface area contributed by atoms with E-state index in [2.05, 4.69) is 26.0 Å². The van der Waals surface area contributed by atoms with Gasteiger partial charge in [0.1, 0.15) is 5.82 Å². The first-order chi connectivity index (χ1) is 17.6. The smallest absolute Gasteiger partial charge is 0.306 e. The van der Waals surface area contributed by atoms with Crippen molar-refractivity contribution in [2.75, 3.05) is 5.73 Å². The summed E-state index contributed by atoms with van der Waals surface area (Å²) in [6.45, 7) is 0. The van der Waals surface area contributed by atoms with Gasteiger partial charge in [0, 0.05) is 28.8 Å². The molecule has 1 aliphatic carbocycles. The molecular weight excluding hydrogens is 470 g/mol. The second kappa shape index (κ2) is 8.35. The Hall–Kier alpha value is -3.26. The lowest BCUT2D eigenvalue weighted by Crippen LogP contribution is -2.21. The van der Waals surface area contributed by atoms with Crippen molar-refractivity contribution in [1.29, 1.82) is 0 Å². The zero-order valence-electron chi connectivity index (χ0n) is 21.9. The molecule has 0 unspecified atom stereocenters. The van der Waals surface area contributed by atoms with Crippen molar-refractivity contribution in [3.05, 3.63) is 64.9 Å². The minimum absolute atomic E-state index is 0.0305. The van der Waals surface area contributed by atoms with Crippen LogP contribution < -0.4 is 5.73 Å². The lowest BCUT2D eigenvalue weighted by Gasteiger charge is -2.26. The summed E-state index contributed by atoms with van der Waals surface area (Å²) >= 11 is 3.56. The van der Waals surface area contributed by atoms with E-state index < -0.39 is 24.1 Å². The number of benzene rings is 1. The zero-order chi connectivity index (χ0) is 26.6. The van der Waals surface area contributed by atoms with Crippen LogP contribution in [0.25, 0.3) is 28.0 Å². The van der Waals surface area contributed by atoms with Crippen molar-refractivity contribution in [1.82, 2.24) is 19.6 Å². The van der Waals surface area contributed by atoms with Crippen LogP contribution in [0.5, 0.6) is 0 Å². The van der Waals surface area contributed by atoms with Crippen molar-refractivity contribution in [2.45, 2.75) is 31.6 Å². The molecular formula is C24H22BrN5O2. The maximum Gasteiger partial charge on any atom is 0.306 e. The van der Waals surface area contributed by atoms with Gasteiger partial charge in [-0.05, 0) is 47.7 Å². The minimum Gasteiger partial charge on any atom is -0.481 e. The molecule has 32 heavy (non-hydrogen) atoms. The first-order valence-electron chi connectivity index (χ1n) is 12.7. The van der Waals surface area contributed by atoms with Crippen LogP contribution in [0.3, 0.4) is 0 Å². The van der Waals surface area contributed by atoms with Crippen LogP contribution in [-0.2, 0) is 4.79 Å². The number of aromatic nitrogens is 4. The number of carboxylic acid groups (broad SMARTS) is 1. The highest BCUT2D eigenvalue weighted by Gasteiger charge is 2.30. The van der Waals surface area contributed by atoms with Crippen molar-refractivity contribution < 1.29 is 16.8 Å². The third kappa shape index (κ3) is 3.64. The van der Waals surface area contributed by atoms with Crippen LogP contribution in [0.15, 0.2) is 59.2 Å². The highest BCUT2D eigenvalue weighted by atomic mass is 79.9. The lowest BCUT2D eigenvalue weighted by molar-refractivity contribution is -0.142. The minimum atomic E-state index is -0.766. The molecule has 0 spiro atoms. The van der Waals surface area contributed by atoms with Crippen LogP contribution in [0.1, 0.15) is 44.1 Å². The summed E-state index contributed by atoms with van der Waals surface area (Å²) in [5.41, 5.74) is 9.28. The number of carbonyl (C=O) groups is 1. The molecule has 1 saturated carbocycles. The Kier molecular flexibility index (Phi) is 4.05. The number of fused-ring (bicyclic) bond motifs is 1. The third-order valence-corrected chi connectivity index (χ3v) is 6.75. The first-order valence-corrected chi connectivity index (χ1v) is 11.0. The fourth-order valence-electron chi connectivity index (χ4n) is 4.18. The van der Waals surface area contributed by atoms with Crippen LogP contribution >= 0.6 is 15.9 Å². The summed E-state index contributed by atoms with van der Waals surface area (Å²) in [7, 11) is 0. The topological polar surface area (TPSA) is 106 Å². The van der Waals surface area contributed by atoms with E-state index in [1.807, 2.05) is 0 Å². The number of rotatable bonds is 4. The Balaban J connectivity index is 1.53.